The Labute approximate surface area is 179 Å². The van der Waals surface area contributed by atoms with Crippen molar-refractivity contribution >= 4 is 17.6 Å². The number of hydrogen-bond donors (Lipinski definition) is 1. The number of ether oxygens (including phenoxy) is 1. The van der Waals surface area contributed by atoms with Crippen molar-refractivity contribution in [1.82, 2.24) is 14.7 Å². The van der Waals surface area contributed by atoms with Crippen LogP contribution in [0.2, 0.25) is 0 Å². The molecule has 0 saturated carbocycles. The molecule has 0 aliphatic carbocycles. The monoisotopic (exact) mass is 414 g/mol. The van der Waals surface area contributed by atoms with Crippen LogP contribution in [-0.2, 0) is 15.0 Å². The highest BCUT2D eigenvalue weighted by Gasteiger charge is 2.22. The Morgan fingerprint density at radius 2 is 1.83 bits per heavy atom. The third kappa shape index (κ3) is 6.34. The van der Waals surface area contributed by atoms with Gasteiger partial charge in [0.15, 0.2) is 0 Å². The van der Waals surface area contributed by atoms with Gasteiger partial charge < -0.3 is 15.0 Å². The molecular weight excluding hydrogens is 380 g/mol. The van der Waals surface area contributed by atoms with Crippen molar-refractivity contribution in [3.63, 3.8) is 0 Å². The van der Waals surface area contributed by atoms with Crippen molar-refractivity contribution in [3.8, 4) is 11.4 Å². The smallest absolute Gasteiger partial charge is 0.245 e. The summed E-state index contributed by atoms with van der Waals surface area (Å²) in [4.78, 5) is 26.3. The van der Waals surface area contributed by atoms with E-state index < -0.39 is 0 Å². The second kappa shape index (κ2) is 10.3. The van der Waals surface area contributed by atoms with E-state index in [1.165, 1.54) is 6.92 Å². The van der Waals surface area contributed by atoms with E-state index in [1.807, 2.05) is 30.3 Å². The predicted octanol–water partition coefficient (Wildman–Crippen LogP) is 4.16. The number of carbonyl (C=O) groups is 2. The first-order valence-electron chi connectivity index (χ1n) is 10.5. The minimum Gasteiger partial charge on any atom is -0.497 e. The average molecular weight is 415 g/mol. The first kappa shape index (κ1) is 23.4. The molecule has 2 aromatic rings. The lowest BCUT2D eigenvalue weighted by Crippen LogP contribution is -2.37. The van der Waals surface area contributed by atoms with Crippen LogP contribution in [-0.4, -0.2) is 46.7 Å². The van der Waals surface area contributed by atoms with Gasteiger partial charge in [-0.3, -0.25) is 9.59 Å². The van der Waals surface area contributed by atoms with Crippen LogP contribution in [0.5, 0.6) is 5.75 Å². The molecule has 0 saturated heterocycles. The topological polar surface area (TPSA) is 76.5 Å². The number of unbranched alkanes of at least 4 members (excludes halogenated alkanes) is 2. The lowest BCUT2D eigenvalue weighted by Gasteiger charge is -2.20. The summed E-state index contributed by atoms with van der Waals surface area (Å²) < 4.78 is 6.94. The molecule has 7 nitrogen and oxygen atoms in total. The number of anilines is 1. The van der Waals surface area contributed by atoms with Crippen LogP contribution < -0.4 is 10.1 Å². The molecule has 0 bridgehead atoms. The number of carbonyl (C=O) groups excluding carboxylic acids is 2. The molecule has 2 amide bonds. The summed E-state index contributed by atoms with van der Waals surface area (Å²) in [7, 11) is 1.62. The maximum Gasteiger partial charge on any atom is 0.245 e. The maximum atomic E-state index is 12.7. The summed E-state index contributed by atoms with van der Waals surface area (Å²) in [5.41, 5.74) is 1.50. The molecule has 1 aromatic carbocycles. The fraction of sp³-hybridized carbons (Fsp3) is 0.522. The lowest BCUT2D eigenvalue weighted by molar-refractivity contribution is -0.132. The predicted molar refractivity (Wildman–Crippen MR) is 119 cm³/mol. The van der Waals surface area contributed by atoms with E-state index in [2.05, 4.69) is 33.0 Å². The Kier molecular flexibility index (Phi) is 8.03. The second-order valence-electron chi connectivity index (χ2n) is 8.47. The number of hydrogen-bond acceptors (Lipinski definition) is 4. The minimum absolute atomic E-state index is 0.0255. The number of nitrogens with zero attached hydrogens (tertiary/aromatic N) is 3. The van der Waals surface area contributed by atoms with Crippen LogP contribution >= 0.6 is 0 Å². The summed E-state index contributed by atoms with van der Waals surface area (Å²) in [6.45, 7) is 10.4. The zero-order valence-electron chi connectivity index (χ0n) is 19.0. The lowest BCUT2D eigenvalue weighted by atomic mass is 9.92. The first-order valence-corrected chi connectivity index (χ1v) is 10.5. The SMILES string of the molecule is CCCCCN(CC(=O)Nc1cc(C(C)(C)C)nn1-c1ccc(OC)cc1)C(C)=O. The van der Waals surface area contributed by atoms with Crippen molar-refractivity contribution in [3.05, 3.63) is 36.0 Å². The van der Waals surface area contributed by atoms with Crippen LogP contribution in [0.15, 0.2) is 30.3 Å². The minimum atomic E-state index is -0.239. The summed E-state index contributed by atoms with van der Waals surface area (Å²) in [5.74, 6) is 0.987. The van der Waals surface area contributed by atoms with Crippen LogP contribution in [0, 0.1) is 0 Å². The maximum absolute atomic E-state index is 12.7. The zero-order valence-corrected chi connectivity index (χ0v) is 19.0. The third-order valence-electron chi connectivity index (χ3n) is 4.87. The molecule has 2 rings (SSSR count). The third-order valence-corrected chi connectivity index (χ3v) is 4.87. The van der Waals surface area contributed by atoms with Gasteiger partial charge in [0.25, 0.3) is 0 Å². The van der Waals surface area contributed by atoms with E-state index in [-0.39, 0.29) is 23.8 Å². The van der Waals surface area contributed by atoms with Gasteiger partial charge in [-0.1, -0.05) is 40.5 Å². The molecule has 0 fully saturated rings. The largest absolute Gasteiger partial charge is 0.497 e. The molecule has 1 aromatic heterocycles. The van der Waals surface area contributed by atoms with E-state index in [0.717, 1.165) is 36.4 Å². The van der Waals surface area contributed by atoms with Crippen LogP contribution in [0.3, 0.4) is 0 Å². The Hall–Kier alpha value is -2.83. The van der Waals surface area contributed by atoms with Gasteiger partial charge in [0.05, 0.1) is 25.0 Å². The van der Waals surface area contributed by atoms with Gasteiger partial charge in [-0.05, 0) is 30.7 Å². The van der Waals surface area contributed by atoms with E-state index in [1.54, 1.807) is 16.7 Å². The fourth-order valence-electron chi connectivity index (χ4n) is 3.01. The number of methoxy groups -OCH3 is 1. The van der Waals surface area contributed by atoms with Crippen molar-refractivity contribution in [2.75, 3.05) is 25.5 Å². The highest BCUT2D eigenvalue weighted by Crippen LogP contribution is 2.27. The van der Waals surface area contributed by atoms with Crippen molar-refractivity contribution < 1.29 is 14.3 Å². The van der Waals surface area contributed by atoms with Crippen molar-refractivity contribution in [1.29, 1.82) is 0 Å². The quantitative estimate of drug-likeness (QED) is 0.625. The molecular formula is C23H34N4O3. The van der Waals surface area contributed by atoms with E-state index in [0.29, 0.717) is 12.4 Å². The normalized spacial score (nSPS) is 11.3. The van der Waals surface area contributed by atoms with Gasteiger partial charge in [0, 0.05) is 24.9 Å². The second-order valence-corrected chi connectivity index (χ2v) is 8.47. The van der Waals surface area contributed by atoms with E-state index in [4.69, 9.17) is 9.84 Å². The number of nitrogens with one attached hydrogen (secondary N) is 1. The van der Waals surface area contributed by atoms with Crippen molar-refractivity contribution in [2.45, 2.75) is 59.3 Å². The number of amides is 2. The summed E-state index contributed by atoms with van der Waals surface area (Å²) in [6.07, 6.45) is 2.99. The molecule has 1 heterocycles. The molecule has 1 N–H and O–H groups in total. The molecule has 0 atom stereocenters. The van der Waals surface area contributed by atoms with Crippen molar-refractivity contribution in [2.24, 2.45) is 0 Å². The Balaban J connectivity index is 2.24. The fourth-order valence-corrected chi connectivity index (χ4v) is 3.01. The molecule has 30 heavy (non-hydrogen) atoms. The van der Waals surface area contributed by atoms with Gasteiger partial charge in [0.1, 0.15) is 11.6 Å². The first-order chi connectivity index (χ1) is 14.2. The summed E-state index contributed by atoms with van der Waals surface area (Å²) in [6, 6.07) is 9.37. The number of rotatable bonds is 9. The summed E-state index contributed by atoms with van der Waals surface area (Å²) in [5, 5.41) is 7.66. The van der Waals surface area contributed by atoms with Crippen LogP contribution in [0.4, 0.5) is 5.82 Å². The Morgan fingerprint density at radius 1 is 1.17 bits per heavy atom. The number of benzene rings is 1. The molecule has 7 heteroatoms. The Morgan fingerprint density at radius 3 is 2.37 bits per heavy atom. The molecule has 0 aliphatic rings. The van der Waals surface area contributed by atoms with E-state index in [9.17, 15) is 9.59 Å². The van der Waals surface area contributed by atoms with Gasteiger partial charge in [-0.15, -0.1) is 0 Å². The standard InChI is InChI=1S/C23H34N4O3/c1-7-8-9-14-26(17(2)28)16-22(29)24-21-15-20(23(3,4)5)25-27(21)18-10-12-19(30-6)13-11-18/h10-13,15H,7-9,14,16H2,1-6H3,(H,24,29). The van der Waals surface area contributed by atoms with Gasteiger partial charge >= 0.3 is 0 Å². The van der Waals surface area contributed by atoms with Gasteiger partial charge in [0.2, 0.25) is 11.8 Å². The number of aromatic nitrogens is 2. The highest BCUT2D eigenvalue weighted by atomic mass is 16.5. The van der Waals surface area contributed by atoms with Gasteiger partial charge in [-0.25, -0.2) is 4.68 Å². The Bertz CT molecular complexity index is 850. The molecule has 164 valence electrons. The molecule has 0 aliphatic heterocycles. The van der Waals surface area contributed by atoms with E-state index >= 15 is 0 Å². The van der Waals surface area contributed by atoms with Gasteiger partial charge in [-0.2, -0.15) is 5.10 Å². The molecule has 0 radical (unpaired) electrons. The molecule has 0 unspecified atom stereocenters. The zero-order chi connectivity index (χ0) is 22.3. The average Bonchev–Trinajstić information content (AvgIpc) is 3.11. The summed E-state index contributed by atoms with van der Waals surface area (Å²) >= 11 is 0. The van der Waals surface area contributed by atoms with Crippen LogP contribution in [0.1, 0.15) is 59.6 Å². The molecule has 0 spiro atoms. The van der Waals surface area contributed by atoms with Crippen LogP contribution in [0.25, 0.3) is 5.69 Å². The highest BCUT2D eigenvalue weighted by molar-refractivity contribution is 5.94.